The second-order valence-corrected chi connectivity index (χ2v) is 7.55. The summed E-state index contributed by atoms with van der Waals surface area (Å²) in [7, 11) is 0. The van der Waals surface area contributed by atoms with Crippen molar-refractivity contribution in [3.8, 4) is 0 Å². The highest BCUT2D eigenvalue weighted by Gasteiger charge is 2.43. The average Bonchev–Trinajstić information content (AvgIpc) is 2.97. The van der Waals surface area contributed by atoms with Crippen LogP contribution in [0.5, 0.6) is 0 Å². The fourth-order valence-corrected chi connectivity index (χ4v) is 4.80. The third-order valence-electron chi connectivity index (χ3n) is 6.08. The van der Waals surface area contributed by atoms with Crippen LogP contribution in [0.15, 0.2) is 0 Å². The van der Waals surface area contributed by atoms with E-state index in [-0.39, 0.29) is 43.3 Å². The third-order valence-corrected chi connectivity index (χ3v) is 6.08. The van der Waals surface area contributed by atoms with E-state index in [4.69, 9.17) is 5.73 Å². The standard InChI is InChI=1S/C16H22F3N5O/c17-16(18,19)15-22-21-12-8-23(4-5-24(12)15)14(25)11-6-9-2-1-3-10(7-11)13(9)20/h9-11,13H,1-8,20H2. The molecule has 2 heterocycles. The number of amides is 1. The monoisotopic (exact) mass is 357 g/mol. The molecule has 0 radical (unpaired) electrons. The number of halogens is 3. The Bertz CT molecular complexity index is 659. The summed E-state index contributed by atoms with van der Waals surface area (Å²) in [6, 6.07) is 0.191. The third kappa shape index (κ3) is 2.92. The van der Waals surface area contributed by atoms with Gasteiger partial charge in [0.15, 0.2) is 5.82 Å². The molecule has 2 N–H and O–H groups in total. The maximum atomic E-state index is 12.9. The quantitative estimate of drug-likeness (QED) is 0.831. The molecule has 2 bridgehead atoms. The van der Waals surface area contributed by atoms with Crippen molar-refractivity contribution in [1.29, 1.82) is 0 Å². The minimum atomic E-state index is -4.52. The lowest BCUT2D eigenvalue weighted by Crippen LogP contribution is -2.50. The maximum Gasteiger partial charge on any atom is 0.451 e. The van der Waals surface area contributed by atoms with Crippen LogP contribution in [0.3, 0.4) is 0 Å². The highest BCUT2D eigenvalue weighted by molar-refractivity contribution is 5.79. The Labute approximate surface area is 143 Å². The summed E-state index contributed by atoms with van der Waals surface area (Å²) in [5, 5.41) is 6.91. The first-order chi connectivity index (χ1) is 11.8. The lowest BCUT2D eigenvalue weighted by molar-refractivity contribution is -0.148. The number of nitrogens with zero attached hydrogens (tertiary/aromatic N) is 4. The molecule has 1 aliphatic heterocycles. The Morgan fingerprint density at radius 2 is 1.80 bits per heavy atom. The first-order valence-electron chi connectivity index (χ1n) is 8.88. The van der Waals surface area contributed by atoms with Gasteiger partial charge in [0.1, 0.15) is 0 Å². The molecule has 3 aliphatic rings. The maximum absolute atomic E-state index is 12.9. The van der Waals surface area contributed by atoms with Crippen LogP contribution >= 0.6 is 0 Å². The lowest BCUT2D eigenvalue weighted by atomic mass is 9.65. The number of hydrogen-bond donors (Lipinski definition) is 1. The van der Waals surface area contributed by atoms with Crippen LogP contribution in [-0.4, -0.2) is 38.2 Å². The van der Waals surface area contributed by atoms with Gasteiger partial charge in [0.25, 0.3) is 0 Å². The van der Waals surface area contributed by atoms with Gasteiger partial charge in [-0.15, -0.1) is 10.2 Å². The van der Waals surface area contributed by atoms with E-state index in [9.17, 15) is 18.0 Å². The molecular formula is C16H22F3N5O. The molecule has 2 atom stereocenters. The van der Waals surface area contributed by atoms with Gasteiger partial charge in [-0.3, -0.25) is 4.79 Å². The van der Waals surface area contributed by atoms with Gasteiger partial charge in [-0.1, -0.05) is 6.42 Å². The topological polar surface area (TPSA) is 77.0 Å². The van der Waals surface area contributed by atoms with Crippen LogP contribution in [-0.2, 0) is 24.1 Å². The SMILES string of the molecule is NC1C2CCCC1CC(C(=O)N1CCn3c(nnc3C(F)(F)F)C1)C2. The largest absolute Gasteiger partial charge is 0.451 e. The van der Waals surface area contributed by atoms with Gasteiger partial charge < -0.3 is 15.2 Å². The van der Waals surface area contributed by atoms with Gasteiger partial charge in [-0.2, -0.15) is 13.2 Å². The molecule has 4 rings (SSSR count). The van der Waals surface area contributed by atoms with Gasteiger partial charge in [0, 0.05) is 25.0 Å². The molecular weight excluding hydrogens is 335 g/mol. The summed E-state index contributed by atoms with van der Waals surface area (Å²) in [5.41, 5.74) is 6.28. The van der Waals surface area contributed by atoms with Gasteiger partial charge in [0.05, 0.1) is 6.54 Å². The van der Waals surface area contributed by atoms with Crippen molar-refractivity contribution in [2.24, 2.45) is 23.5 Å². The minimum absolute atomic E-state index is 0.0339. The second kappa shape index (κ2) is 5.96. The van der Waals surface area contributed by atoms with E-state index >= 15 is 0 Å². The van der Waals surface area contributed by atoms with Crippen molar-refractivity contribution in [1.82, 2.24) is 19.7 Å². The number of hydrogen-bond acceptors (Lipinski definition) is 4. The number of carbonyl (C=O) groups is 1. The zero-order valence-electron chi connectivity index (χ0n) is 13.9. The Hall–Kier alpha value is -1.64. The van der Waals surface area contributed by atoms with Crippen molar-refractivity contribution < 1.29 is 18.0 Å². The fourth-order valence-electron chi connectivity index (χ4n) is 4.80. The van der Waals surface area contributed by atoms with Gasteiger partial charge in [-0.05, 0) is 37.5 Å². The molecule has 2 fully saturated rings. The molecule has 0 aromatic carbocycles. The van der Waals surface area contributed by atoms with E-state index < -0.39 is 12.0 Å². The Morgan fingerprint density at radius 1 is 1.12 bits per heavy atom. The number of carbonyl (C=O) groups excluding carboxylic acids is 1. The first-order valence-corrected chi connectivity index (χ1v) is 8.88. The highest BCUT2D eigenvalue weighted by atomic mass is 19.4. The fraction of sp³-hybridized carbons (Fsp3) is 0.812. The molecule has 2 unspecified atom stereocenters. The molecule has 1 aromatic rings. The molecule has 0 spiro atoms. The van der Waals surface area contributed by atoms with Gasteiger partial charge in [0.2, 0.25) is 11.7 Å². The summed E-state index contributed by atoms with van der Waals surface area (Å²) in [6.07, 6.45) is 0.405. The molecule has 6 nitrogen and oxygen atoms in total. The van der Waals surface area contributed by atoms with Crippen molar-refractivity contribution in [2.75, 3.05) is 6.54 Å². The van der Waals surface area contributed by atoms with E-state index in [0.29, 0.717) is 11.8 Å². The summed E-state index contributed by atoms with van der Waals surface area (Å²) in [6.45, 7) is 0.451. The zero-order valence-corrected chi connectivity index (χ0v) is 13.9. The number of alkyl halides is 3. The van der Waals surface area contributed by atoms with E-state index in [1.807, 2.05) is 0 Å². The van der Waals surface area contributed by atoms with Gasteiger partial charge in [-0.25, -0.2) is 0 Å². The molecule has 1 aromatic heterocycles. The van der Waals surface area contributed by atoms with E-state index in [1.54, 1.807) is 4.90 Å². The highest BCUT2D eigenvalue weighted by Crippen LogP contribution is 2.42. The summed E-state index contributed by atoms with van der Waals surface area (Å²) in [4.78, 5) is 14.6. The van der Waals surface area contributed by atoms with E-state index in [0.717, 1.165) is 30.3 Å². The Morgan fingerprint density at radius 3 is 2.44 bits per heavy atom. The second-order valence-electron chi connectivity index (χ2n) is 7.55. The van der Waals surface area contributed by atoms with E-state index in [2.05, 4.69) is 10.2 Å². The Kier molecular flexibility index (Phi) is 4.01. The first kappa shape index (κ1) is 16.8. The van der Waals surface area contributed by atoms with Crippen molar-refractivity contribution in [3.63, 3.8) is 0 Å². The van der Waals surface area contributed by atoms with E-state index in [1.165, 1.54) is 6.42 Å². The van der Waals surface area contributed by atoms with Crippen molar-refractivity contribution in [3.05, 3.63) is 11.6 Å². The molecule has 2 aliphatic carbocycles. The van der Waals surface area contributed by atoms with Crippen LogP contribution in [0.4, 0.5) is 13.2 Å². The molecule has 0 saturated heterocycles. The predicted molar refractivity (Wildman–Crippen MR) is 82.0 cm³/mol. The number of aromatic nitrogens is 3. The van der Waals surface area contributed by atoms with Crippen LogP contribution in [0.2, 0.25) is 0 Å². The zero-order chi connectivity index (χ0) is 17.8. The van der Waals surface area contributed by atoms with Crippen LogP contribution in [0.1, 0.15) is 43.8 Å². The molecule has 138 valence electrons. The molecule has 9 heteroatoms. The molecule has 25 heavy (non-hydrogen) atoms. The predicted octanol–water partition coefficient (Wildman–Crippen LogP) is 1.79. The van der Waals surface area contributed by atoms with Gasteiger partial charge >= 0.3 is 6.18 Å². The molecule has 1 amide bonds. The smallest absolute Gasteiger partial charge is 0.333 e. The molecule has 2 saturated carbocycles. The lowest BCUT2D eigenvalue weighted by Gasteiger charge is -2.44. The normalized spacial score (nSPS) is 32.4. The van der Waals surface area contributed by atoms with Crippen LogP contribution in [0, 0.1) is 17.8 Å². The van der Waals surface area contributed by atoms with Crippen molar-refractivity contribution in [2.45, 2.75) is 57.4 Å². The number of rotatable bonds is 1. The number of fused-ring (bicyclic) bond motifs is 3. The summed E-state index contributed by atoms with van der Waals surface area (Å²) < 4.78 is 39.8. The average molecular weight is 357 g/mol. The summed E-state index contributed by atoms with van der Waals surface area (Å²) in [5.74, 6) is -0.0101. The van der Waals surface area contributed by atoms with Crippen molar-refractivity contribution >= 4 is 5.91 Å². The minimum Gasteiger partial charge on any atom is -0.333 e. The summed E-state index contributed by atoms with van der Waals surface area (Å²) >= 11 is 0. The number of nitrogens with two attached hydrogens (primary N) is 1. The van der Waals surface area contributed by atoms with Crippen LogP contribution < -0.4 is 5.73 Å². The Balaban J connectivity index is 1.47. The van der Waals surface area contributed by atoms with Crippen LogP contribution in [0.25, 0.3) is 0 Å².